The van der Waals surface area contributed by atoms with Crippen LogP contribution in [-0.4, -0.2) is 17.9 Å². The lowest BCUT2D eigenvalue weighted by Gasteiger charge is -2.29. The summed E-state index contributed by atoms with van der Waals surface area (Å²) in [7, 11) is 0. The Hall–Kier alpha value is -0.830. The van der Waals surface area contributed by atoms with Gasteiger partial charge in [-0.1, -0.05) is 0 Å². The molecule has 0 radical (unpaired) electrons. The first-order valence-electron chi connectivity index (χ1n) is 4.10. The van der Waals surface area contributed by atoms with Crippen molar-refractivity contribution in [3.63, 3.8) is 0 Å². The van der Waals surface area contributed by atoms with Crippen molar-refractivity contribution >= 4 is 17.7 Å². The van der Waals surface area contributed by atoms with E-state index in [-0.39, 0.29) is 6.04 Å². The van der Waals surface area contributed by atoms with Gasteiger partial charge in [0.05, 0.1) is 6.04 Å². The van der Waals surface area contributed by atoms with Gasteiger partial charge in [0.25, 0.3) is 0 Å². The van der Waals surface area contributed by atoms with Crippen LogP contribution in [0.2, 0.25) is 0 Å². The van der Waals surface area contributed by atoms with E-state index in [1.54, 1.807) is 11.3 Å². The first-order chi connectivity index (χ1) is 5.83. The number of hydrogen-bond acceptors (Lipinski definition) is 2. The second-order valence-electron chi connectivity index (χ2n) is 3.07. The highest BCUT2D eigenvalue weighted by Crippen LogP contribution is 2.31. The number of carbonyl (C=O) groups excluding carboxylic acids is 1. The van der Waals surface area contributed by atoms with Gasteiger partial charge >= 0.3 is 0 Å². The molecule has 1 aliphatic heterocycles. The lowest BCUT2D eigenvalue weighted by Crippen LogP contribution is -2.31. The van der Waals surface area contributed by atoms with E-state index in [1.807, 2.05) is 4.90 Å². The van der Waals surface area contributed by atoms with Crippen LogP contribution in [0.1, 0.15) is 23.4 Å². The lowest BCUT2D eigenvalue weighted by atomic mass is 10.0. The number of hydrogen-bond donors (Lipinski definition) is 0. The predicted octanol–water partition coefficient (Wildman–Crippen LogP) is 1.82. The van der Waals surface area contributed by atoms with E-state index in [4.69, 9.17) is 0 Å². The van der Waals surface area contributed by atoms with Gasteiger partial charge in [0.15, 0.2) is 0 Å². The van der Waals surface area contributed by atoms with Gasteiger partial charge in [-0.2, -0.15) is 0 Å². The zero-order valence-corrected chi connectivity index (χ0v) is 7.80. The molecule has 2 nitrogen and oxygen atoms in total. The Balaban J connectivity index is 2.34. The second kappa shape index (κ2) is 2.90. The minimum Gasteiger partial charge on any atom is -0.338 e. The van der Waals surface area contributed by atoms with E-state index in [2.05, 4.69) is 18.4 Å². The molecule has 1 atom stereocenters. The number of fused-ring (bicyclic) bond motifs is 1. The van der Waals surface area contributed by atoms with Gasteiger partial charge in [0.1, 0.15) is 0 Å². The molecule has 0 bridgehead atoms. The molecule has 2 heterocycles. The molecule has 0 saturated carbocycles. The van der Waals surface area contributed by atoms with Gasteiger partial charge in [-0.05, 0) is 30.4 Å². The molecule has 3 heteroatoms. The summed E-state index contributed by atoms with van der Waals surface area (Å²) in [6.45, 7) is 2.96. The average Bonchev–Trinajstić information content (AvgIpc) is 2.53. The SMILES string of the molecule is C[C@@H]1c2ccsc2CCN1C=O. The number of carbonyl (C=O) groups is 1. The maximum absolute atomic E-state index is 10.6. The zero-order valence-electron chi connectivity index (χ0n) is 6.99. The molecule has 12 heavy (non-hydrogen) atoms. The minimum atomic E-state index is 0.275. The fraction of sp³-hybridized carbons (Fsp3) is 0.444. The molecule has 0 N–H and O–H groups in total. The third kappa shape index (κ3) is 1.05. The molecule has 64 valence electrons. The van der Waals surface area contributed by atoms with Gasteiger partial charge in [-0.15, -0.1) is 11.3 Å². The minimum absolute atomic E-state index is 0.275. The Kier molecular flexibility index (Phi) is 1.89. The summed E-state index contributed by atoms with van der Waals surface area (Å²) >= 11 is 1.80. The van der Waals surface area contributed by atoms with E-state index in [0.717, 1.165) is 19.4 Å². The number of nitrogens with zero attached hydrogens (tertiary/aromatic N) is 1. The van der Waals surface area contributed by atoms with Crippen molar-refractivity contribution in [1.82, 2.24) is 4.90 Å². The molecule has 0 spiro atoms. The van der Waals surface area contributed by atoms with Crippen molar-refractivity contribution in [2.45, 2.75) is 19.4 Å². The summed E-state index contributed by atoms with van der Waals surface area (Å²) in [4.78, 5) is 13.9. The van der Waals surface area contributed by atoms with Crippen LogP contribution >= 0.6 is 11.3 Å². The van der Waals surface area contributed by atoms with Gasteiger partial charge in [0, 0.05) is 11.4 Å². The third-order valence-corrected chi connectivity index (χ3v) is 3.46. The van der Waals surface area contributed by atoms with Gasteiger partial charge in [-0.25, -0.2) is 0 Å². The van der Waals surface area contributed by atoms with Crippen molar-refractivity contribution in [1.29, 1.82) is 0 Å². The molecule has 1 aromatic heterocycles. The summed E-state index contributed by atoms with van der Waals surface area (Å²) in [6.07, 6.45) is 1.97. The maximum Gasteiger partial charge on any atom is 0.210 e. The summed E-state index contributed by atoms with van der Waals surface area (Å²) < 4.78 is 0. The quantitative estimate of drug-likeness (QED) is 0.605. The topological polar surface area (TPSA) is 20.3 Å². The molecule has 0 aliphatic carbocycles. The van der Waals surface area contributed by atoms with Crippen LogP contribution in [-0.2, 0) is 11.2 Å². The Morgan fingerprint density at radius 3 is 3.33 bits per heavy atom. The molecular weight excluding hydrogens is 170 g/mol. The highest BCUT2D eigenvalue weighted by Gasteiger charge is 2.22. The highest BCUT2D eigenvalue weighted by atomic mass is 32.1. The maximum atomic E-state index is 10.6. The van der Waals surface area contributed by atoms with Crippen molar-refractivity contribution in [3.05, 3.63) is 21.9 Å². The first kappa shape index (κ1) is 7.80. The smallest absolute Gasteiger partial charge is 0.210 e. The van der Waals surface area contributed by atoms with Gasteiger partial charge in [-0.3, -0.25) is 4.79 Å². The number of thiophene rings is 1. The Labute approximate surface area is 75.8 Å². The van der Waals surface area contributed by atoms with Crippen molar-refractivity contribution in [3.8, 4) is 0 Å². The monoisotopic (exact) mass is 181 g/mol. The Morgan fingerprint density at radius 1 is 1.75 bits per heavy atom. The second-order valence-corrected chi connectivity index (χ2v) is 4.07. The summed E-state index contributed by atoms with van der Waals surface area (Å²) in [5, 5.41) is 2.11. The van der Waals surface area contributed by atoms with Crippen LogP contribution in [0.3, 0.4) is 0 Å². The summed E-state index contributed by atoms with van der Waals surface area (Å²) in [6, 6.07) is 2.40. The van der Waals surface area contributed by atoms with E-state index in [9.17, 15) is 4.79 Å². The van der Waals surface area contributed by atoms with Crippen molar-refractivity contribution in [2.24, 2.45) is 0 Å². The summed E-state index contributed by atoms with van der Waals surface area (Å²) in [5.74, 6) is 0. The van der Waals surface area contributed by atoms with Crippen molar-refractivity contribution < 1.29 is 4.79 Å². The molecule has 1 amide bonds. The van der Waals surface area contributed by atoms with Crippen LogP contribution in [0.4, 0.5) is 0 Å². The van der Waals surface area contributed by atoms with Crippen LogP contribution < -0.4 is 0 Å². The lowest BCUT2D eigenvalue weighted by molar-refractivity contribution is -0.120. The van der Waals surface area contributed by atoms with E-state index in [1.165, 1.54) is 10.4 Å². The fourth-order valence-electron chi connectivity index (χ4n) is 1.67. The number of amides is 1. The molecule has 0 fully saturated rings. The largest absolute Gasteiger partial charge is 0.338 e. The van der Waals surface area contributed by atoms with Crippen LogP contribution in [0.5, 0.6) is 0 Å². The Bertz CT molecular complexity index is 294. The van der Waals surface area contributed by atoms with E-state index >= 15 is 0 Å². The molecule has 0 aromatic carbocycles. The predicted molar refractivity (Wildman–Crippen MR) is 49.2 cm³/mol. The highest BCUT2D eigenvalue weighted by molar-refractivity contribution is 7.10. The van der Waals surface area contributed by atoms with Gasteiger partial charge in [0.2, 0.25) is 6.41 Å². The van der Waals surface area contributed by atoms with E-state index < -0.39 is 0 Å². The third-order valence-electron chi connectivity index (χ3n) is 2.46. The molecule has 1 aromatic rings. The molecule has 0 unspecified atom stereocenters. The first-order valence-corrected chi connectivity index (χ1v) is 4.98. The fourth-order valence-corrected chi connectivity index (χ4v) is 2.64. The standard InChI is InChI=1S/C9H11NOS/c1-7-8-3-5-12-9(8)2-4-10(7)6-11/h3,5-7H,2,4H2,1H3/t7-/m1/s1. The van der Waals surface area contributed by atoms with E-state index in [0.29, 0.717) is 0 Å². The average molecular weight is 181 g/mol. The zero-order chi connectivity index (χ0) is 8.55. The molecule has 0 saturated heterocycles. The van der Waals surface area contributed by atoms with Crippen LogP contribution in [0.15, 0.2) is 11.4 Å². The molecule has 2 rings (SSSR count). The van der Waals surface area contributed by atoms with Crippen LogP contribution in [0, 0.1) is 0 Å². The number of rotatable bonds is 1. The van der Waals surface area contributed by atoms with Crippen molar-refractivity contribution in [2.75, 3.05) is 6.54 Å². The normalized spacial score (nSPS) is 22.1. The molecular formula is C9H11NOS. The molecule has 1 aliphatic rings. The Morgan fingerprint density at radius 2 is 2.58 bits per heavy atom. The van der Waals surface area contributed by atoms with Crippen LogP contribution in [0.25, 0.3) is 0 Å². The van der Waals surface area contributed by atoms with Gasteiger partial charge < -0.3 is 4.90 Å². The summed E-state index contributed by atoms with van der Waals surface area (Å²) in [5.41, 5.74) is 1.33.